The van der Waals surface area contributed by atoms with Crippen molar-refractivity contribution in [1.29, 1.82) is 0 Å². The summed E-state index contributed by atoms with van der Waals surface area (Å²) in [6.07, 6.45) is 1.87. The molecule has 1 saturated heterocycles. The molecule has 0 aliphatic carbocycles. The number of hydrogen-bond donors (Lipinski definition) is 0. The summed E-state index contributed by atoms with van der Waals surface area (Å²) in [7, 11) is 0. The fourth-order valence-electron chi connectivity index (χ4n) is 3.68. The van der Waals surface area contributed by atoms with Gasteiger partial charge in [-0.15, -0.1) is 0 Å². The molecule has 138 valence electrons. The molecule has 3 heterocycles. The number of aromatic amines is 1. The second kappa shape index (κ2) is 6.83. The van der Waals surface area contributed by atoms with Gasteiger partial charge in [-0.2, -0.15) is 0 Å². The molecule has 0 saturated carbocycles. The summed E-state index contributed by atoms with van der Waals surface area (Å²) in [5.41, 5.74) is 0.734. The number of carbonyl (C=O) groups is 3. The first kappa shape index (κ1) is 17.2. The third-order valence-electron chi connectivity index (χ3n) is 5.19. The number of amides is 3. The predicted molar refractivity (Wildman–Crippen MR) is 98.2 cm³/mol. The lowest BCUT2D eigenvalue weighted by atomic mass is 10.1. The highest BCUT2D eigenvalue weighted by atomic mass is 16.2. The SMILES string of the molecule is C[C@@H](C(=O)N1CCN(c2cccc[nH+]2)CC1)N1C(=O)c2ccccc2C1=O. The van der Waals surface area contributed by atoms with E-state index >= 15 is 0 Å². The molecule has 27 heavy (non-hydrogen) atoms. The lowest BCUT2D eigenvalue weighted by Gasteiger charge is -2.34. The van der Waals surface area contributed by atoms with E-state index < -0.39 is 17.9 Å². The van der Waals surface area contributed by atoms with Crippen molar-refractivity contribution in [3.63, 3.8) is 0 Å². The average molecular weight is 365 g/mol. The van der Waals surface area contributed by atoms with Crippen LogP contribution in [0.3, 0.4) is 0 Å². The van der Waals surface area contributed by atoms with Crippen LogP contribution in [0, 0.1) is 0 Å². The largest absolute Gasteiger partial charge is 0.333 e. The molecular weight excluding hydrogens is 344 g/mol. The van der Waals surface area contributed by atoms with E-state index in [-0.39, 0.29) is 5.91 Å². The molecule has 0 bridgehead atoms. The highest BCUT2D eigenvalue weighted by Gasteiger charge is 2.42. The Hall–Kier alpha value is -3.22. The molecule has 0 spiro atoms. The van der Waals surface area contributed by atoms with E-state index in [1.165, 1.54) is 0 Å². The fourth-order valence-corrected chi connectivity index (χ4v) is 3.68. The first-order chi connectivity index (χ1) is 13.1. The third-order valence-corrected chi connectivity index (χ3v) is 5.19. The van der Waals surface area contributed by atoms with Gasteiger partial charge >= 0.3 is 0 Å². The van der Waals surface area contributed by atoms with Crippen molar-refractivity contribution < 1.29 is 19.4 Å². The van der Waals surface area contributed by atoms with E-state index in [9.17, 15) is 14.4 Å². The van der Waals surface area contributed by atoms with Gasteiger partial charge in [-0.25, -0.2) is 4.98 Å². The van der Waals surface area contributed by atoms with Gasteiger partial charge in [0.15, 0.2) is 0 Å². The smallest absolute Gasteiger partial charge is 0.274 e. The zero-order valence-electron chi connectivity index (χ0n) is 15.1. The molecule has 2 aliphatic heterocycles. The molecule has 1 aromatic heterocycles. The van der Waals surface area contributed by atoms with Crippen LogP contribution in [0.1, 0.15) is 27.6 Å². The molecule has 7 nitrogen and oxygen atoms in total. The van der Waals surface area contributed by atoms with Crippen LogP contribution in [0.25, 0.3) is 0 Å². The second-order valence-corrected chi connectivity index (χ2v) is 6.76. The number of benzene rings is 1. The molecule has 2 aromatic rings. The minimum Gasteiger partial charge on any atom is -0.333 e. The maximum atomic E-state index is 12.9. The van der Waals surface area contributed by atoms with E-state index in [1.807, 2.05) is 24.4 Å². The Morgan fingerprint density at radius 1 is 0.926 bits per heavy atom. The molecular formula is C20H21N4O3+. The Morgan fingerprint density at radius 3 is 2.07 bits per heavy atom. The van der Waals surface area contributed by atoms with Crippen molar-refractivity contribution in [2.75, 3.05) is 31.1 Å². The van der Waals surface area contributed by atoms with Crippen LogP contribution in [0.4, 0.5) is 5.82 Å². The van der Waals surface area contributed by atoms with Gasteiger partial charge in [0, 0.05) is 6.07 Å². The number of carbonyl (C=O) groups excluding carboxylic acids is 3. The maximum absolute atomic E-state index is 12.9. The lowest BCUT2D eigenvalue weighted by Crippen LogP contribution is -2.55. The van der Waals surface area contributed by atoms with Crippen molar-refractivity contribution in [1.82, 2.24) is 9.80 Å². The van der Waals surface area contributed by atoms with Gasteiger partial charge in [-0.1, -0.05) is 18.2 Å². The number of H-pyrrole nitrogens is 1. The highest BCUT2D eigenvalue weighted by Crippen LogP contribution is 2.25. The lowest BCUT2D eigenvalue weighted by molar-refractivity contribution is -0.364. The number of piperazine rings is 1. The van der Waals surface area contributed by atoms with Crippen LogP contribution < -0.4 is 9.88 Å². The molecule has 2 aliphatic rings. The van der Waals surface area contributed by atoms with Gasteiger partial charge in [0.25, 0.3) is 17.6 Å². The first-order valence-corrected chi connectivity index (χ1v) is 9.05. The van der Waals surface area contributed by atoms with Gasteiger partial charge in [0.05, 0.1) is 30.4 Å². The molecule has 0 radical (unpaired) electrons. The number of fused-ring (bicyclic) bond motifs is 1. The number of pyridine rings is 1. The van der Waals surface area contributed by atoms with Crippen molar-refractivity contribution in [2.24, 2.45) is 0 Å². The zero-order chi connectivity index (χ0) is 19.0. The zero-order valence-corrected chi connectivity index (χ0v) is 15.1. The summed E-state index contributed by atoms with van der Waals surface area (Å²) in [5.74, 6) is 0.0298. The number of imide groups is 1. The van der Waals surface area contributed by atoms with Gasteiger partial charge in [0.2, 0.25) is 5.91 Å². The van der Waals surface area contributed by atoms with Crippen LogP contribution in [0.5, 0.6) is 0 Å². The maximum Gasteiger partial charge on any atom is 0.274 e. The Labute approximate surface area is 157 Å². The summed E-state index contributed by atoms with van der Waals surface area (Å²) in [4.78, 5) is 46.3. The van der Waals surface area contributed by atoms with Gasteiger partial charge in [0.1, 0.15) is 19.1 Å². The van der Waals surface area contributed by atoms with Crippen LogP contribution >= 0.6 is 0 Å². The number of nitrogens with zero attached hydrogens (tertiary/aromatic N) is 3. The van der Waals surface area contributed by atoms with Crippen molar-refractivity contribution in [3.05, 3.63) is 59.8 Å². The molecule has 0 unspecified atom stereocenters. The summed E-state index contributed by atoms with van der Waals surface area (Å²) in [6, 6.07) is 11.8. The number of anilines is 1. The molecule has 3 amide bonds. The van der Waals surface area contributed by atoms with E-state index in [1.54, 1.807) is 36.1 Å². The second-order valence-electron chi connectivity index (χ2n) is 6.76. The monoisotopic (exact) mass is 365 g/mol. The van der Waals surface area contributed by atoms with Crippen LogP contribution in [-0.4, -0.2) is 59.7 Å². The molecule has 4 rings (SSSR count). The summed E-state index contributed by atoms with van der Waals surface area (Å²) in [6.45, 7) is 4.12. The Bertz CT molecular complexity index is 856. The third kappa shape index (κ3) is 2.95. The van der Waals surface area contributed by atoms with Crippen LogP contribution in [-0.2, 0) is 4.79 Å². The summed E-state index contributed by atoms with van der Waals surface area (Å²) >= 11 is 0. The van der Waals surface area contributed by atoms with E-state index in [0.29, 0.717) is 37.3 Å². The van der Waals surface area contributed by atoms with E-state index in [2.05, 4.69) is 9.88 Å². The number of rotatable bonds is 3. The standard InChI is InChI=1S/C20H20N4O3/c1-14(24-19(26)15-6-2-3-7-16(15)20(24)27)18(25)23-12-10-22(11-13-23)17-8-4-5-9-21-17/h2-9,14H,10-13H2,1H3/p+1/t14-/m0/s1. The number of hydrogen-bond acceptors (Lipinski definition) is 4. The topological polar surface area (TPSA) is 75.1 Å². The van der Waals surface area contributed by atoms with Crippen molar-refractivity contribution >= 4 is 23.5 Å². The highest BCUT2D eigenvalue weighted by molar-refractivity contribution is 6.22. The molecule has 1 aromatic carbocycles. The predicted octanol–water partition coefficient (Wildman–Crippen LogP) is 0.834. The molecule has 1 N–H and O–H groups in total. The van der Waals surface area contributed by atoms with Crippen LogP contribution in [0.15, 0.2) is 48.7 Å². The Balaban J connectivity index is 1.44. The molecule has 1 atom stereocenters. The van der Waals surface area contributed by atoms with E-state index in [4.69, 9.17) is 0 Å². The van der Waals surface area contributed by atoms with Gasteiger partial charge in [-0.05, 0) is 25.1 Å². The average Bonchev–Trinajstić information content (AvgIpc) is 2.98. The van der Waals surface area contributed by atoms with Gasteiger partial charge in [-0.3, -0.25) is 24.2 Å². The summed E-state index contributed by atoms with van der Waals surface area (Å²) < 4.78 is 0. The Kier molecular flexibility index (Phi) is 4.35. The minimum absolute atomic E-state index is 0.193. The van der Waals surface area contributed by atoms with Crippen LogP contribution in [0.2, 0.25) is 0 Å². The quantitative estimate of drug-likeness (QED) is 0.756. The van der Waals surface area contributed by atoms with E-state index in [0.717, 1.165) is 10.7 Å². The van der Waals surface area contributed by atoms with Crippen molar-refractivity contribution in [2.45, 2.75) is 13.0 Å². The number of nitrogens with one attached hydrogen (secondary N) is 1. The fraction of sp³-hybridized carbons (Fsp3) is 0.300. The number of aromatic nitrogens is 1. The van der Waals surface area contributed by atoms with Crippen molar-refractivity contribution in [3.8, 4) is 0 Å². The summed E-state index contributed by atoms with van der Waals surface area (Å²) in [5, 5.41) is 0. The molecule has 7 heteroatoms. The van der Waals surface area contributed by atoms with Gasteiger partial charge < -0.3 is 4.90 Å². The first-order valence-electron chi connectivity index (χ1n) is 9.05. The minimum atomic E-state index is -0.813. The molecule has 1 fully saturated rings. The Morgan fingerprint density at radius 2 is 1.52 bits per heavy atom. The normalized spacial score (nSPS) is 17.9.